The van der Waals surface area contributed by atoms with Crippen molar-refractivity contribution in [1.29, 1.82) is 0 Å². The molecular weight excluding hydrogens is 274 g/mol. The predicted molar refractivity (Wildman–Crippen MR) is 80.9 cm³/mol. The molecule has 110 valence electrons. The zero-order chi connectivity index (χ0) is 15.0. The highest BCUT2D eigenvalue weighted by atomic mass is 32.1. The summed E-state index contributed by atoms with van der Waals surface area (Å²) in [5.41, 5.74) is 0.653. The number of thiophene rings is 1. The van der Waals surface area contributed by atoms with Gasteiger partial charge < -0.3 is 15.2 Å². The van der Waals surface area contributed by atoms with Gasteiger partial charge in [0.2, 0.25) is 0 Å². The van der Waals surface area contributed by atoms with Crippen molar-refractivity contribution in [3.63, 3.8) is 0 Å². The fourth-order valence-corrected chi connectivity index (χ4v) is 2.35. The van der Waals surface area contributed by atoms with Gasteiger partial charge in [0.1, 0.15) is 11.5 Å². The molecule has 4 nitrogen and oxygen atoms in total. The Morgan fingerprint density at radius 3 is 2.90 bits per heavy atom. The third-order valence-corrected chi connectivity index (χ3v) is 3.71. The monoisotopic (exact) mass is 295 g/mol. The molecule has 1 unspecified atom stereocenters. The number of carbonyl (C=O) groups is 1. The Hall–Kier alpha value is -1.35. The molecule has 5 heteroatoms. The minimum absolute atomic E-state index is 0.0248. The normalized spacial score (nSPS) is 11.8. The number of aliphatic hydroxyl groups is 1. The van der Waals surface area contributed by atoms with Crippen molar-refractivity contribution in [2.45, 2.75) is 26.8 Å². The summed E-state index contributed by atoms with van der Waals surface area (Å²) in [7, 11) is 0. The minimum atomic E-state index is -0.212. The summed E-state index contributed by atoms with van der Waals surface area (Å²) in [6.45, 7) is 6.95. The van der Waals surface area contributed by atoms with Crippen LogP contribution in [-0.2, 0) is 4.74 Å². The van der Waals surface area contributed by atoms with Gasteiger partial charge in [-0.05, 0) is 24.3 Å². The van der Waals surface area contributed by atoms with Crippen LogP contribution in [0.2, 0.25) is 0 Å². The van der Waals surface area contributed by atoms with E-state index >= 15 is 0 Å². The lowest BCUT2D eigenvalue weighted by atomic mass is 10.1. The molecule has 1 aromatic heterocycles. The van der Waals surface area contributed by atoms with E-state index in [1.165, 1.54) is 11.3 Å². The number of rotatable bonds is 6. The Bertz CT molecular complexity index is 485. The number of hydrogen-bond donors (Lipinski definition) is 2. The van der Waals surface area contributed by atoms with Crippen molar-refractivity contribution in [2.24, 2.45) is 5.92 Å². The molecule has 0 radical (unpaired) electrons. The van der Waals surface area contributed by atoms with Gasteiger partial charge in [-0.3, -0.25) is 4.79 Å². The predicted octanol–water partition coefficient (Wildman–Crippen LogP) is 1.88. The maximum absolute atomic E-state index is 12.3. The van der Waals surface area contributed by atoms with Gasteiger partial charge in [0, 0.05) is 12.2 Å². The van der Waals surface area contributed by atoms with Crippen molar-refractivity contribution in [3.8, 4) is 11.8 Å². The molecular formula is C15H21NO3S. The molecule has 1 amide bonds. The maximum Gasteiger partial charge on any atom is 0.262 e. The molecule has 1 aromatic rings. The number of hydrogen-bond acceptors (Lipinski definition) is 4. The SMILES string of the molecule is CCOCC(NC(=O)c1sccc1C#CCO)C(C)C. The van der Waals surface area contributed by atoms with Crippen LogP contribution in [0.4, 0.5) is 0 Å². The molecule has 0 saturated heterocycles. The second kappa shape index (κ2) is 8.75. The van der Waals surface area contributed by atoms with E-state index < -0.39 is 0 Å². The van der Waals surface area contributed by atoms with Crippen LogP contribution in [0.3, 0.4) is 0 Å². The number of ether oxygens (including phenoxy) is 1. The van der Waals surface area contributed by atoms with Gasteiger partial charge in [-0.1, -0.05) is 25.7 Å². The third-order valence-electron chi connectivity index (χ3n) is 2.80. The zero-order valence-corrected chi connectivity index (χ0v) is 12.9. The Labute approximate surface area is 124 Å². The Morgan fingerprint density at radius 2 is 2.30 bits per heavy atom. The van der Waals surface area contributed by atoms with Crippen LogP contribution in [0.1, 0.15) is 36.0 Å². The van der Waals surface area contributed by atoms with Crippen LogP contribution in [0.5, 0.6) is 0 Å². The summed E-state index contributed by atoms with van der Waals surface area (Å²) in [4.78, 5) is 12.9. The quantitative estimate of drug-likeness (QED) is 0.788. The second-order valence-corrected chi connectivity index (χ2v) is 5.52. The van der Waals surface area contributed by atoms with E-state index in [1.54, 1.807) is 6.07 Å². The largest absolute Gasteiger partial charge is 0.384 e. The van der Waals surface area contributed by atoms with Crippen molar-refractivity contribution >= 4 is 17.2 Å². The van der Waals surface area contributed by atoms with Crippen LogP contribution in [0, 0.1) is 17.8 Å². The van der Waals surface area contributed by atoms with Gasteiger partial charge in [-0.2, -0.15) is 0 Å². The van der Waals surface area contributed by atoms with E-state index in [0.717, 1.165) is 0 Å². The van der Waals surface area contributed by atoms with Gasteiger partial charge in [0.05, 0.1) is 12.6 Å². The summed E-state index contributed by atoms with van der Waals surface area (Å²) < 4.78 is 5.40. The van der Waals surface area contributed by atoms with Gasteiger partial charge in [-0.25, -0.2) is 0 Å². The summed E-state index contributed by atoms with van der Waals surface area (Å²) in [5.74, 6) is 5.50. The van der Waals surface area contributed by atoms with Crippen molar-refractivity contribution in [3.05, 3.63) is 21.9 Å². The first-order chi connectivity index (χ1) is 9.60. The first kappa shape index (κ1) is 16.7. The molecule has 0 aliphatic carbocycles. The average Bonchev–Trinajstić information content (AvgIpc) is 2.89. The lowest BCUT2D eigenvalue weighted by Gasteiger charge is -2.21. The number of nitrogens with one attached hydrogen (secondary N) is 1. The molecule has 0 fully saturated rings. The smallest absolute Gasteiger partial charge is 0.262 e. The number of carbonyl (C=O) groups excluding carboxylic acids is 1. The van der Waals surface area contributed by atoms with E-state index in [0.29, 0.717) is 23.7 Å². The van der Waals surface area contributed by atoms with Crippen LogP contribution < -0.4 is 5.32 Å². The highest BCUT2D eigenvalue weighted by Gasteiger charge is 2.19. The molecule has 2 N–H and O–H groups in total. The first-order valence-corrected chi connectivity index (χ1v) is 7.53. The lowest BCUT2D eigenvalue weighted by molar-refractivity contribution is 0.0809. The van der Waals surface area contributed by atoms with Crippen LogP contribution in [0.25, 0.3) is 0 Å². The number of amides is 1. The van der Waals surface area contributed by atoms with E-state index in [4.69, 9.17) is 9.84 Å². The Kier molecular flexibility index (Phi) is 7.31. The van der Waals surface area contributed by atoms with E-state index in [9.17, 15) is 4.79 Å². The topological polar surface area (TPSA) is 58.6 Å². The highest BCUT2D eigenvalue weighted by molar-refractivity contribution is 7.12. The first-order valence-electron chi connectivity index (χ1n) is 6.66. The fourth-order valence-electron chi connectivity index (χ4n) is 1.60. The third kappa shape index (κ3) is 4.97. The van der Waals surface area contributed by atoms with Crippen molar-refractivity contribution < 1.29 is 14.6 Å². The standard InChI is InChI=1S/C15H21NO3S/c1-4-19-10-13(11(2)3)16-15(18)14-12(6-5-8-17)7-9-20-14/h7,9,11,13,17H,4,8,10H2,1-3H3,(H,16,18). The molecule has 1 heterocycles. The van der Waals surface area contributed by atoms with Gasteiger partial charge in [0.15, 0.2) is 0 Å². The lowest BCUT2D eigenvalue weighted by Crippen LogP contribution is -2.41. The van der Waals surface area contributed by atoms with Crippen molar-refractivity contribution in [1.82, 2.24) is 5.32 Å². The van der Waals surface area contributed by atoms with E-state index in [-0.39, 0.29) is 24.5 Å². The second-order valence-electron chi connectivity index (χ2n) is 4.61. The molecule has 0 spiro atoms. The summed E-state index contributed by atoms with van der Waals surface area (Å²) in [5, 5.41) is 13.5. The van der Waals surface area contributed by atoms with Gasteiger partial charge >= 0.3 is 0 Å². The molecule has 20 heavy (non-hydrogen) atoms. The van der Waals surface area contributed by atoms with Crippen LogP contribution >= 0.6 is 11.3 Å². The zero-order valence-electron chi connectivity index (χ0n) is 12.1. The molecule has 0 aliphatic rings. The summed E-state index contributed by atoms with van der Waals surface area (Å²) in [6.07, 6.45) is 0. The molecule has 0 aromatic carbocycles. The van der Waals surface area contributed by atoms with Gasteiger partial charge in [-0.15, -0.1) is 11.3 Å². The van der Waals surface area contributed by atoms with Gasteiger partial charge in [0.25, 0.3) is 5.91 Å². The summed E-state index contributed by atoms with van der Waals surface area (Å²) >= 11 is 1.35. The molecule has 0 bridgehead atoms. The van der Waals surface area contributed by atoms with Crippen LogP contribution in [0.15, 0.2) is 11.4 Å². The van der Waals surface area contributed by atoms with E-state index in [1.807, 2.05) is 26.2 Å². The van der Waals surface area contributed by atoms with Crippen molar-refractivity contribution in [2.75, 3.05) is 19.8 Å². The Balaban J connectivity index is 2.76. The molecule has 1 atom stereocenters. The maximum atomic E-state index is 12.3. The minimum Gasteiger partial charge on any atom is -0.384 e. The molecule has 0 saturated carbocycles. The fraction of sp³-hybridized carbons (Fsp3) is 0.533. The highest BCUT2D eigenvalue weighted by Crippen LogP contribution is 2.16. The molecule has 0 aliphatic heterocycles. The molecule has 1 rings (SSSR count). The van der Waals surface area contributed by atoms with Crippen LogP contribution in [-0.4, -0.2) is 36.9 Å². The Morgan fingerprint density at radius 1 is 1.55 bits per heavy atom. The summed E-state index contributed by atoms with van der Waals surface area (Å²) in [6, 6.07) is 1.76. The van der Waals surface area contributed by atoms with E-state index in [2.05, 4.69) is 17.2 Å². The number of aliphatic hydroxyl groups excluding tert-OH is 1. The average molecular weight is 295 g/mol.